The van der Waals surface area contributed by atoms with Crippen LogP contribution in [0.2, 0.25) is 0 Å². The standard InChI is InChI=1S/C18H25NO2/c1-3-5-11-19(12-6-4-2)14-16(20)18-13-15-9-7-8-10-17(15)21-18/h7-10,13H,3-6,11-12,14H2,1-2H3. The van der Waals surface area contributed by atoms with Crippen molar-refractivity contribution >= 4 is 16.8 Å². The molecule has 0 fully saturated rings. The Labute approximate surface area is 126 Å². The maximum Gasteiger partial charge on any atom is 0.211 e. The van der Waals surface area contributed by atoms with Crippen LogP contribution >= 0.6 is 0 Å². The lowest BCUT2D eigenvalue weighted by Crippen LogP contribution is -2.31. The molecule has 0 spiro atoms. The predicted octanol–water partition coefficient (Wildman–Crippen LogP) is 4.52. The Balaban J connectivity index is 2.02. The third-order valence-corrected chi connectivity index (χ3v) is 3.72. The van der Waals surface area contributed by atoms with Gasteiger partial charge in [-0.3, -0.25) is 9.69 Å². The molecule has 0 radical (unpaired) electrons. The number of carbonyl (C=O) groups excluding carboxylic acids is 1. The number of furan rings is 1. The smallest absolute Gasteiger partial charge is 0.211 e. The molecule has 0 aliphatic rings. The minimum Gasteiger partial charge on any atom is -0.453 e. The molecule has 3 heteroatoms. The first kappa shape index (κ1) is 15.8. The molecule has 114 valence electrons. The Bertz CT molecular complexity index is 532. The Morgan fingerprint density at radius 2 is 1.76 bits per heavy atom. The van der Waals surface area contributed by atoms with E-state index in [0.29, 0.717) is 12.3 Å². The van der Waals surface area contributed by atoms with E-state index in [1.54, 1.807) is 0 Å². The monoisotopic (exact) mass is 287 g/mol. The van der Waals surface area contributed by atoms with Crippen LogP contribution in [0, 0.1) is 0 Å². The number of benzene rings is 1. The Morgan fingerprint density at radius 1 is 1.10 bits per heavy atom. The van der Waals surface area contributed by atoms with Gasteiger partial charge in [0.2, 0.25) is 5.78 Å². The van der Waals surface area contributed by atoms with Crippen LogP contribution in [-0.2, 0) is 0 Å². The molecule has 21 heavy (non-hydrogen) atoms. The van der Waals surface area contributed by atoms with E-state index < -0.39 is 0 Å². The molecule has 0 amide bonds. The first-order valence-corrected chi connectivity index (χ1v) is 7.98. The number of nitrogens with zero attached hydrogens (tertiary/aromatic N) is 1. The molecule has 2 rings (SSSR count). The maximum absolute atomic E-state index is 12.4. The zero-order valence-corrected chi connectivity index (χ0v) is 13.1. The van der Waals surface area contributed by atoms with Gasteiger partial charge in [-0.2, -0.15) is 0 Å². The summed E-state index contributed by atoms with van der Waals surface area (Å²) >= 11 is 0. The molecule has 0 saturated heterocycles. The lowest BCUT2D eigenvalue weighted by atomic mass is 10.2. The first-order valence-electron chi connectivity index (χ1n) is 7.98. The van der Waals surface area contributed by atoms with E-state index >= 15 is 0 Å². The molecule has 0 aliphatic heterocycles. The molecule has 2 aromatic rings. The van der Waals surface area contributed by atoms with Crippen LogP contribution in [0.15, 0.2) is 34.7 Å². The number of para-hydroxylation sites is 1. The van der Waals surface area contributed by atoms with Crippen LogP contribution in [0.25, 0.3) is 11.0 Å². The van der Waals surface area contributed by atoms with Gasteiger partial charge in [-0.25, -0.2) is 0 Å². The highest BCUT2D eigenvalue weighted by molar-refractivity contribution is 5.98. The topological polar surface area (TPSA) is 33.5 Å². The van der Waals surface area contributed by atoms with Gasteiger partial charge < -0.3 is 4.42 Å². The summed E-state index contributed by atoms with van der Waals surface area (Å²) < 4.78 is 5.66. The minimum atomic E-state index is 0.0819. The molecule has 0 unspecified atom stereocenters. The van der Waals surface area contributed by atoms with Gasteiger partial charge in [-0.15, -0.1) is 0 Å². The second-order valence-electron chi connectivity index (χ2n) is 5.55. The normalized spacial score (nSPS) is 11.4. The van der Waals surface area contributed by atoms with Crippen molar-refractivity contribution in [3.05, 3.63) is 36.1 Å². The predicted molar refractivity (Wildman–Crippen MR) is 86.8 cm³/mol. The van der Waals surface area contributed by atoms with Gasteiger partial charge >= 0.3 is 0 Å². The third kappa shape index (κ3) is 4.43. The minimum absolute atomic E-state index is 0.0819. The highest BCUT2D eigenvalue weighted by Crippen LogP contribution is 2.19. The van der Waals surface area contributed by atoms with Crippen LogP contribution in [-0.4, -0.2) is 30.3 Å². The number of hydrogen-bond donors (Lipinski definition) is 0. The summed E-state index contributed by atoms with van der Waals surface area (Å²) in [5, 5.41) is 0.995. The Hall–Kier alpha value is -1.61. The molecule has 1 heterocycles. The molecular weight excluding hydrogens is 262 g/mol. The quantitative estimate of drug-likeness (QED) is 0.636. The van der Waals surface area contributed by atoms with Crippen molar-refractivity contribution in [2.45, 2.75) is 39.5 Å². The van der Waals surface area contributed by atoms with Crippen LogP contribution in [0.5, 0.6) is 0 Å². The molecule has 0 bridgehead atoms. The molecule has 0 aliphatic carbocycles. The first-order chi connectivity index (χ1) is 10.2. The second-order valence-corrected chi connectivity index (χ2v) is 5.55. The van der Waals surface area contributed by atoms with Crippen LogP contribution < -0.4 is 0 Å². The van der Waals surface area contributed by atoms with Crippen molar-refractivity contribution in [3.63, 3.8) is 0 Å². The number of Topliss-reactive ketones (excluding diaryl/α,β-unsaturated/α-hetero) is 1. The van der Waals surface area contributed by atoms with Gasteiger partial charge in [0.05, 0.1) is 6.54 Å². The van der Waals surface area contributed by atoms with Crippen molar-refractivity contribution in [3.8, 4) is 0 Å². The van der Waals surface area contributed by atoms with Gasteiger partial charge in [0.1, 0.15) is 5.58 Å². The summed E-state index contributed by atoms with van der Waals surface area (Å²) in [6, 6.07) is 9.62. The van der Waals surface area contributed by atoms with Crippen molar-refractivity contribution < 1.29 is 9.21 Å². The van der Waals surface area contributed by atoms with E-state index in [2.05, 4.69) is 18.7 Å². The SMILES string of the molecule is CCCCN(CCCC)CC(=O)c1cc2ccccc2o1. The van der Waals surface area contributed by atoms with Gasteiger partial charge in [0.25, 0.3) is 0 Å². The summed E-state index contributed by atoms with van der Waals surface area (Å²) in [6.07, 6.45) is 4.58. The number of rotatable bonds is 9. The summed E-state index contributed by atoms with van der Waals surface area (Å²) in [7, 11) is 0. The van der Waals surface area contributed by atoms with Crippen molar-refractivity contribution in [2.75, 3.05) is 19.6 Å². The van der Waals surface area contributed by atoms with E-state index in [1.807, 2.05) is 30.3 Å². The number of fused-ring (bicyclic) bond motifs is 1. The average Bonchev–Trinajstić information content (AvgIpc) is 2.94. The number of hydrogen-bond acceptors (Lipinski definition) is 3. The Morgan fingerprint density at radius 3 is 2.38 bits per heavy atom. The van der Waals surface area contributed by atoms with Crippen molar-refractivity contribution in [2.24, 2.45) is 0 Å². The molecular formula is C18H25NO2. The largest absolute Gasteiger partial charge is 0.453 e. The van der Waals surface area contributed by atoms with E-state index in [-0.39, 0.29) is 5.78 Å². The fraction of sp³-hybridized carbons (Fsp3) is 0.500. The molecule has 3 nitrogen and oxygen atoms in total. The zero-order valence-electron chi connectivity index (χ0n) is 13.1. The van der Waals surface area contributed by atoms with Gasteiger partial charge in [0, 0.05) is 5.39 Å². The second kappa shape index (κ2) is 7.99. The zero-order chi connectivity index (χ0) is 15.1. The molecule has 0 saturated carbocycles. The highest BCUT2D eigenvalue weighted by atomic mass is 16.3. The van der Waals surface area contributed by atoms with E-state index in [1.165, 1.54) is 0 Å². The number of carbonyl (C=O) groups is 1. The Kier molecular flexibility index (Phi) is 6.00. The highest BCUT2D eigenvalue weighted by Gasteiger charge is 2.16. The van der Waals surface area contributed by atoms with E-state index in [0.717, 1.165) is 49.7 Å². The summed E-state index contributed by atoms with van der Waals surface area (Å²) in [5.41, 5.74) is 0.787. The van der Waals surface area contributed by atoms with Gasteiger partial charge in [-0.05, 0) is 38.1 Å². The van der Waals surface area contributed by atoms with E-state index in [4.69, 9.17) is 4.42 Å². The lowest BCUT2D eigenvalue weighted by Gasteiger charge is -2.20. The summed E-state index contributed by atoms with van der Waals surface area (Å²) in [6.45, 7) is 6.79. The number of unbranched alkanes of at least 4 members (excludes halogenated alkanes) is 2. The molecule has 1 aromatic carbocycles. The summed E-state index contributed by atoms with van der Waals surface area (Å²) in [4.78, 5) is 14.7. The van der Waals surface area contributed by atoms with Crippen LogP contribution in [0.4, 0.5) is 0 Å². The van der Waals surface area contributed by atoms with Crippen molar-refractivity contribution in [1.29, 1.82) is 0 Å². The van der Waals surface area contributed by atoms with Crippen LogP contribution in [0.3, 0.4) is 0 Å². The van der Waals surface area contributed by atoms with Gasteiger partial charge in [0.15, 0.2) is 5.76 Å². The molecule has 0 N–H and O–H groups in total. The van der Waals surface area contributed by atoms with Crippen molar-refractivity contribution in [1.82, 2.24) is 4.90 Å². The maximum atomic E-state index is 12.4. The van der Waals surface area contributed by atoms with E-state index in [9.17, 15) is 4.79 Å². The summed E-state index contributed by atoms with van der Waals surface area (Å²) in [5.74, 6) is 0.563. The fourth-order valence-corrected chi connectivity index (χ4v) is 2.43. The molecule has 1 aromatic heterocycles. The fourth-order valence-electron chi connectivity index (χ4n) is 2.43. The average molecular weight is 287 g/mol. The number of ketones is 1. The molecule has 0 atom stereocenters. The third-order valence-electron chi connectivity index (χ3n) is 3.72. The van der Waals surface area contributed by atoms with Crippen LogP contribution in [0.1, 0.15) is 50.1 Å². The van der Waals surface area contributed by atoms with Gasteiger partial charge in [-0.1, -0.05) is 44.9 Å². The lowest BCUT2D eigenvalue weighted by molar-refractivity contribution is 0.0903.